The van der Waals surface area contributed by atoms with Gasteiger partial charge in [0, 0.05) is 24.0 Å². The van der Waals surface area contributed by atoms with Crippen LogP contribution in [0.1, 0.15) is 30.4 Å². The van der Waals surface area contributed by atoms with Gasteiger partial charge in [-0.15, -0.1) is 0 Å². The molecule has 1 aromatic carbocycles. The van der Waals surface area contributed by atoms with Crippen molar-refractivity contribution in [3.8, 4) is 11.5 Å². The quantitative estimate of drug-likeness (QED) is 0.642. The van der Waals surface area contributed by atoms with Crippen molar-refractivity contribution in [2.24, 2.45) is 0 Å². The molecule has 0 radical (unpaired) electrons. The normalized spacial score (nSPS) is 43.4. The molecule has 0 aromatic heterocycles. The van der Waals surface area contributed by atoms with Gasteiger partial charge in [0.05, 0.1) is 25.6 Å². The van der Waals surface area contributed by atoms with Gasteiger partial charge in [0.25, 0.3) is 0 Å². The number of phenols is 1. The van der Waals surface area contributed by atoms with Gasteiger partial charge in [-0.3, -0.25) is 0 Å². The monoisotopic (exact) mass is 340 g/mol. The van der Waals surface area contributed by atoms with E-state index in [1.807, 2.05) is 12.1 Å². The van der Waals surface area contributed by atoms with Gasteiger partial charge in [-0.2, -0.15) is 0 Å². The van der Waals surface area contributed by atoms with Crippen LogP contribution in [0, 0.1) is 0 Å². The van der Waals surface area contributed by atoms with Crippen molar-refractivity contribution in [2.75, 3.05) is 20.1 Å². The summed E-state index contributed by atoms with van der Waals surface area (Å²) in [6.07, 6.45) is 4.82. The van der Waals surface area contributed by atoms with Gasteiger partial charge in [0.15, 0.2) is 0 Å². The number of aromatic hydroxyl groups is 1. The smallest absolute Gasteiger partial charge is 0.133 e. The van der Waals surface area contributed by atoms with Crippen LogP contribution in [0.15, 0.2) is 36.9 Å². The highest BCUT2D eigenvalue weighted by Crippen LogP contribution is 2.66. The second-order valence-electron chi connectivity index (χ2n) is 8.63. The molecule has 5 rings (SSSR count). The van der Waals surface area contributed by atoms with Gasteiger partial charge >= 0.3 is 0 Å². The number of rotatable bonds is 2. The van der Waals surface area contributed by atoms with Crippen LogP contribution in [0.25, 0.3) is 0 Å². The van der Waals surface area contributed by atoms with Crippen LogP contribution in [0.5, 0.6) is 11.5 Å². The highest BCUT2D eigenvalue weighted by Gasteiger charge is 2.75. The second kappa shape index (κ2) is 4.49. The first-order valence-corrected chi connectivity index (χ1v) is 9.24. The molecule has 5 atom stereocenters. The van der Waals surface area contributed by atoms with E-state index in [9.17, 15) is 10.2 Å². The number of likely N-dealkylation sites (N-methyl/N-ethyl adjacent to an activating group) is 1. The first-order chi connectivity index (χ1) is 11.9. The maximum atomic E-state index is 12.1. The molecule has 2 N–H and O–H groups in total. The minimum atomic E-state index is -0.832. The van der Waals surface area contributed by atoms with Crippen molar-refractivity contribution in [3.05, 3.63) is 48.1 Å². The average Bonchev–Trinajstić information content (AvgIpc) is 2.91. The number of benzene rings is 1. The van der Waals surface area contributed by atoms with Gasteiger partial charge in [0.2, 0.25) is 0 Å². The number of quaternary nitrogens is 1. The standard InChI is InChI=1S/C21H25NO3/c1-4-10-22(3)11-9-20-18-14-12-17(22)21(20,24)8-7-13(2)19(20)25-16(18)6-5-15(14)23/h4-6,17,19,24H,1-2,7-12H2,3H3/p+1/t17?,19?,20-,21?,22+/m0/s1. The van der Waals surface area contributed by atoms with Gasteiger partial charge in [0.1, 0.15) is 29.2 Å². The molecule has 4 heteroatoms. The molecule has 2 bridgehead atoms. The molecule has 1 saturated carbocycles. The maximum Gasteiger partial charge on any atom is 0.133 e. The predicted molar refractivity (Wildman–Crippen MR) is 95.7 cm³/mol. The van der Waals surface area contributed by atoms with Crippen LogP contribution in [-0.2, 0) is 11.8 Å². The SMILES string of the molecule is C=CC[N@+]1(C)CC[C@@]23c4c5ccc(O)c4CC1C2(O)CCC(=C)C3O5. The Balaban J connectivity index is 1.83. The lowest BCUT2D eigenvalue weighted by Crippen LogP contribution is -2.79. The lowest BCUT2D eigenvalue weighted by atomic mass is 9.48. The molecule has 2 fully saturated rings. The van der Waals surface area contributed by atoms with E-state index < -0.39 is 11.0 Å². The van der Waals surface area contributed by atoms with Crippen molar-refractivity contribution in [3.63, 3.8) is 0 Å². The molecule has 132 valence electrons. The van der Waals surface area contributed by atoms with Gasteiger partial charge in [-0.1, -0.05) is 13.2 Å². The molecule has 2 aliphatic carbocycles. The number of aliphatic hydroxyl groups is 1. The molecule has 4 aliphatic rings. The number of ether oxygens (including phenoxy) is 1. The topological polar surface area (TPSA) is 49.7 Å². The molecule has 3 unspecified atom stereocenters. The molecule has 1 spiro atoms. The Morgan fingerprint density at radius 1 is 1.40 bits per heavy atom. The van der Waals surface area contributed by atoms with E-state index in [1.54, 1.807) is 6.07 Å². The Morgan fingerprint density at radius 2 is 2.20 bits per heavy atom. The predicted octanol–water partition coefficient (Wildman–Crippen LogP) is 2.43. The van der Waals surface area contributed by atoms with E-state index in [0.29, 0.717) is 12.2 Å². The van der Waals surface area contributed by atoms with Crippen molar-refractivity contribution in [2.45, 2.75) is 48.8 Å². The van der Waals surface area contributed by atoms with E-state index in [4.69, 9.17) is 4.74 Å². The van der Waals surface area contributed by atoms with Gasteiger partial charge < -0.3 is 19.4 Å². The molecule has 1 saturated heterocycles. The third kappa shape index (κ3) is 1.52. The zero-order valence-corrected chi connectivity index (χ0v) is 14.8. The summed E-state index contributed by atoms with van der Waals surface area (Å²) in [5.74, 6) is 1.16. The van der Waals surface area contributed by atoms with Crippen molar-refractivity contribution in [1.29, 1.82) is 0 Å². The van der Waals surface area contributed by atoms with Crippen molar-refractivity contribution >= 4 is 0 Å². The summed E-state index contributed by atoms with van der Waals surface area (Å²) in [6.45, 7) is 10.0. The molecule has 4 nitrogen and oxygen atoms in total. The van der Waals surface area contributed by atoms with Gasteiger partial charge in [-0.25, -0.2) is 0 Å². The number of hydrogen-bond acceptors (Lipinski definition) is 3. The molecule has 2 heterocycles. The molecule has 2 aliphatic heterocycles. The van der Waals surface area contributed by atoms with Crippen LogP contribution in [0.3, 0.4) is 0 Å². The zero-order valence-electron chi connectivity index (χ0n) is 14.8. The van der Waals surface area contributed by atoms with E-state index in [2.05, 4.69) is 20.2 Å². The zero-order chi connectivity index (χ0) is 17.6. The van der Waals surface area contributed by atoms with Crippen LogP contribution in [0.4, 0.5) is 0 Å². The Bertz CT molecular complexity index is 818. The van der Waals surface area contributed by atoms with Crippen molar-refractivity contribution in [1.82, 2.24) is 0 Å². The van der Waals surface area contributed by atoms with Crippen molar-refractivity contribution < 1.29 is 19.4 Å². The number of likely N-dealkylation sites (tertiary alicyclic amines) is 1. The third-order valence-corrected chi connectivity index (χ3v) is 7.62. The highest BCUT2D eigenvalue weighted by molar-refractivity contribution is 5.62. The summed E-state index contributed by atoms with van der Waals surface area (Å²) in [7, 11) is 2.22. The summed E-state index contributed by atoms with van der Waals surface area (Å²) in [5, 5.41) is 22.7. The lowest BCUT2D eigenvalue weighted by molar-refractivity contribution is -0.944. The summed E-state index contributed by atoms with van der Waals surface area (Å²) >= 11 is 0. The largest absolute Gasteiger partial charge is 0.508 e. The molecular formula is C21H26NO3+. The van der Waals surface area contributed by atoms with E-state index in [0.717, 1.165) is 59.3 Å². The molecule has 1 aromatic rings. The number of hydrogen-bond donors (Lipinski definition) is 2. The Labute approximate surface area is 148 Å². The fourth-order valence-electron chi connectivity index (χ4n) is 6.48. The second-order valence-corrected chi connectivity index (χ2v) is 8.63. The van der Waals surface area contributed by atoms with Crippen LogP contribution in [-0.4, -0.2) is 52.6 Å². The molecular weight excluding hydrogens is 314 g/mol. The average molecular weight is 340 g/mol. The lowest BCUT2D eigenvalue weighted by Gasteiger charge is -2.64. The summed E-state index contributed by atoms with van der Waals surface area (Å²) < 4.78 is 7.11. The van der Waals surface area contributed by atoms with Crippen LogP contribution in [0.2, 0.25) is 0 Å². The first kappa shape index (κ1) is 15.5. The summed E-state index contributed by atoms with van der Waals surface area (Å²) in [4.78, 5) is 0. The minimum Gasteiger partial charge on any atom is -0.508 e. The number of piperidine rings is 1. The fourth-order valence-corrected chi connectivity index (χ4v) is 6.48. The third-order valence-electron chi connectivity index (χ3n) is 7.62. The first-order valence-electron chi connectivity index (χ1n) is 9.24. The maximum absolute atomic E-state index is 12.1. The highest BCUT2D eigenvalue weighted by atomic mass is 16.5. The van der Waals surface area contributed by atoms with Crippen LogP contribution >= 0.6 is 0 Å². The van der Waals surface area contributed by atoms with Gasteiger partial charge in [-0.05, 0) is 36.6 Å². The molecule has 0 amide bonds. The van der Waals surface area contributed by atoms with E-state index in [-0.39, 0.29) is 12.1 Å². The summed E-state index contributed by atoms with van der Waals surface area (Å²) in [6, 6.07) is 3.63. The number of phenolic OH excluding ortho intramolecular Hbond substituents is 1. The summed E-state index contributed by atoms with van der Waals surface area (Å²) in [5.41, 5.74) is 1.81. The molecule has 25 heavy (non-hydrogen) atoms. The Morgan fingerprint density at radius 3 is 2.96 bits per heavy atom. The number of nitrogens with zero attached hydrogens (tertiary/aromatic N) is 1. The van der Waals surface area contributed by atoms with Crippen LogP contribution < -0.4 is 4.74 Å². The fraction of sp³-hybridized carbons (Fsp3) is 0.524. The van der Waals surface area contributed by atoms with E-state index >= 15 is 0 Å². The Kier molecular flexibility index (Phi) is 2.78. The van der Waals surface area contributed by atoms with E-state index in [1.165, 1.54) is 0 Å². The minimum absolute atomic E-state index is 0.0326. The Hall–Kier alpha value is -1.78.